The molecule has 182 valence electrons. The van der Waals surface area contributed by atoms with Gasteiger partial charge in [0.05, 0.1) is 41.1 Å². The molecule has 0 atom stereocenters. The van der Waals surface area contributed by atoms with Crippen molar-refractivity contribution in [2.24, 2.45) is 0 Å². The smallest absolute Gasteiger partial charge is 0.183 e. The molecule has 1 aliphatic rings. The van der Waals surface area contributed by atoms with Crippen molar-refractivity contribution in [1.82, 2.24) is 15.2 Å². The topological polar surface area (TPSA) is 139 Å². The van der Waals surface area contributed by atoms with Crippen molar-refractivity contribution in [3.63, 3.8) is 0 Å². The molecule has 3 aromatic rings. The van der Waals surface area contributed by atoms with Crippen LogP contribution in [0.15, 0.2) is 42.7 Å². The van der Waals surface area contributed by atoms with Gasteiger partial charge in [0.15, 0.2) is 5.78 Å². The Balaban J connectivity index is 1.52. The number of nitrogens with zero attached hydrogens (tertiary/aromatic N) is 6. The molecule has 0 saturated carbocycles. The Morgan fingerprint density at radius 3 is 2.64 bits per heavy atom. The Morgan fingerprint density at radius 2 is 1.97 bits per heavy atom. The van der Waals surface area contributed by atoms with Gasteiger partial charge in [0.1, 0.15) is 11.9 Å². The number of aliphatic hydroxyl groups is 1. The summed E-state index contributed by atoms with van der Waals surface area (Å²) in [4.78, 5) is 19.2. The number of ketones is 1. The first-order chi connectivity index (χ1) is 17.0. The molecule has 1 saturated heterocycles. The largest absolute Gasteiger partial charge is 0.386 e. The molecule has 2 N–H and O–H groups in total. The van der Waals surface area contributed by atoms with Gasteiger partial charge < -0.3 is 15.3 Å². The standard InChI is InChI=1S/C27H27N7O2/c1-17-5-6-21(30-13-23(35)20-8-24(33-32-12-20)26(2,3)14-29)9-22(17)19-7-18(10-28)25(31-11-19)34-15-27(4,36)16-34/h5-9,11-12,30,36H,13,15-16H2,1-4H3. The third-order valence-electron chi connectivity index (χ3n) is 6.25. The van der Waals surface area contributed by atoms with Crippen LogP contribution in [0.3, 0.4) is 0 Å². The molecule has 0 radical (unpaired) electrons. The quantitative estimate of drug-likeness (QED) is 0.486. The Hall–Kier alpha value is -4.34. The van der Waals surface area contributed by atoms with Gasteiger partial charge in [-0.1, -0.05) is 6.07 Å². The summed E-state index contributed by atoms with van der Waals surface area (Å²) >= 11 is 0. The molecule has 0 unspecified atom stereocenters. The minimum atomic E-state index is -0.845. The molecule has 1 aliphatic heterocycles. The van der Waals surface area contributed by atoms with Crippen molar-refractivity contribution >= 4 is 17.3 Å². The molecule has 2 aromatic heterocycles. The first-order valence-electron chi connectivity index (χ1n) is 11.5. The van der Waals surface area contributed by atoms with Gasteiger partial charge in [-0.3, -0.25) is 4.79 Å². The number of hydrogen-bond donors (Lipinski definition) is 2. The van der Waals surface area contributed by atoms with Gasteiger partial charge in [0, 0.05) is 36.1 Å². The summed E-state index contributed by atoms with van der Waals surface area (Å²) in [6.45, 7) is 8.08. The molecule has 0 spiro atoms. The summed E-state index contributed by atoms with van der Waals surface area (Å²) in [7, 11) is 0. The summed E-state index contributed by atoms with van der Waals surface area (Å²) < 4.78 is 0. The number of carbonyl (C=O) groups excluding carboxylic acids is 1. The number of aromatic nitrogens is 3. The van der Waals surface area contributed by atoms with E-state index in [1.54, 1.807) is 39.1 Å². The third-order valence-corrected chi connectivity index (χ3v) is 6.25. The number of rotatable bonds is 7. The lowest BCUT2D eigenvalue weighted by Crippen LogP contribution is -2.60. The molecule has 36 heavy (non-hydrogen) atoms. The van der Waals surface area contributed by atoms with Gasteiger partial charge in [-0.2, -0.15) is 20.7 Å². The lowest BCUT2D eigenvalue weighted by atomic mass is 9.90. The average molecular weight is 482 g/mol. The Kier molecular flexibility index (Phi) is 6.45. The highest BCUT2D eigenvalue weighted by atomic mass is 16.3. The summed E-state index contributed by atoms with van der Waals surface area (Å²) in [5.74, 6) is 0.389. The number of benzene rings is 1. The maximum atomic E-state index is 12.8. The van der Waals surface area contributed by atoms with Gasteiger partial charge in [-0.05, 0) is 63.1 Å². The van der Waals surface area contributed by atoms with E-state index < -0.39 is 11.0 Å². The number of pyridine rings is 1. The van der Waals surface area contributed by atoms with E-state index in [-0.39, 0.29) is 12.3 Å². The third kappa shape index (κ3) is 5.02. The Labute approximate surface area is 210 Å². The van der Waals surface area contributed by atoms with E-state index in [0.717, 1.165) is 22.4 Å². The predicted molar refractivity (Wildman–Crippen MR) is 135 cm³/mol. The van der Waals surface area contributed by atoms with Gasteiger partial charge in [0.2, 0.25) is 0 Å². The number of Topliss-reactive ketones (excluding diaryl/α,β-unsaturated/α-hetero) is 1. The van der Waals surface area contributed by atoms with E-state index in [1.807, 2.05) is 30.0 Å². The van der Waals surface area contributed by atoms with Crippen molar-refractivity contribution < 1.29 is 9.90 Å². The molecular formula is C27H27N7O2. The van der Waals surface area contributed by atoms with Gasteiger partial charge in [-0.15, -0.1) is 0 Å². The summed E-state index contributed by atoms with van der Waals surface area (Å²) in [6, 6.07) is 13.5. The molecule has 0 bridgehead atoms. The monoisotopic (exact) mass is 481 g/mol. The van der Waals surface area contributed by atoms with Gasteiger partial charge in [0.25, 0.3) is 0 Å². The number of anilines is 2. The van der Waals surface area contributed by atoms with Crippen LogP contribution in [0.2, 0.25) is 0 Å². The number of nitrogens with one attached hydrogen (secondary N) is 1. The minimum Gasteiger partial charge on any atom is -0.386 e. The fourth-order valence-corrected chi connectivity index (χ4v) is 4.07. The highest BCUT2D eigenvalue weighted by molar-refractivity contribution is 5.98. The van der Waals surface area contributed by atoms with Crippen molar-refractivity contribution in [3.8, 4) is 23.3 Å². The van der Waals surface area contributed by atoms with Gasteiger partial charge in [-0.25, -0.2) is 4.98 Å². The second-order valence-corrected chi connectivity index (χ2v) is 9.93. The second kappa shape index (κ2) is 9.37. The highest BCUT2D eigenvalue weighted by Crippen LogP contribution is 2.32. The van der Waals surface area contributed by atoms with Crippen molar-refractivity contribution in [2.75, 3.05) is 29.9 Å². The number of β-amino-alcohol motifs (C(OH)–C–C–N with tert-alkyl or cyclic N) is 1. The number of hydrogen-bond acceptors (Lipinski definition) is 9. The Morgan fingerprint density at radius 1 is 1.22 bits per heavy atom. The van der Waals surface area contributed by atoms with Crippen molar-refractivity contribution in [1.29, 1.82) is 10.5 Å². The lowest BCUT2D eigenvalue weighted by molar-refractivity contribution is 0.0305. The average Bonchev–Trinajstić information content (AvgIpc) is 2.86. The van der Waals surface area contributed by atoms with E-state index in [4.69, 9.17) is 0 Å². The fourth-order valence-electron chi connectivity index (χ4n) is 4.07. The molecular weight excluding hydrogens is 454 g/mol. The maximum absolute atomic E-state index is 12.8. The van der Waals surface area contributed by atoms with E-state index in [1.165, 1.54) is 6.20 Å². The fraction of sp³-hybridized carbons (Fsp3) is 0.333. The van der Waals surface area contributed by atoms with Crippen LogP contribution in [-0.2, 0) is 5.41 Å². The van der Waals surface area contributed by atoms with Crippen LogP contribution in [-0.4, -0.2) is 51.3 Å². The van der Waals surface area contributed by atoms with Crippen LogP contribution in [0.1, 0.15) is 48.0 Å². The van der Waals surface area contributed by atoms with E-state index in [0.29, 0.717) is 35.7 Å². The first-order valence-corrected chi connectivity index (χ1v) is 11.5. The molecule has 0 aliphatic carbocycles. The number of carbonyl (C=O) groups is 1. The van der Waals surface area contributed by atoms with Crippen LogP contribution in [0.25, 0.3) is 11.1 Å². The Bertz CT molecular complexity index is 1410. The lowest BCUT2D eigenvalue weighted by Gasteiger charge is -2.45. The van der Waals surface area contributed by atoms with Crippen LogP contribution in [0.5, 0.6) is 0 Å². The second-order valence-electron chi connectivity index (χ2n) is 9.93. The molecule has 1 fully saturated rings. The number of aryl methyl sites for hydroxylation is 1. The highest BCUT2D eigenvalue weighted by Gasteiger charge is 2.38. The van der Waals surface area contributed by atoms with Crippen LogP contribution >= 0.6 is 0 Å². The van der Waals surface area contributed by atoms with E-state index in [9.17, 15) is 20.4 Å². The zero-order chi connectivity index (χ0) is 26.1. The maximum Gasteiger partial charge on any atom is 0.183 e. The van der Waals surface area contributed by atoms with Crippen LogP contribution < -0.4 is 10.2 Å². The zero-order valence-corrected chi connectivity index (χ0v) is 20.7. The molecule has 9 heteroatoms. The zero-order valence-electron chi connectivity index (χ0n) is 20.7. The molecule has 4 rings (SSSR count). The SMILES string of the molecule is Cc1ccc(NCC(=O)c2cnnc(C(C)(C)C#N)c2)cc1-c1cnc(N2CC(C)(O)C2)c(C#N)c1. The van der Waals surface area contributed by atoms with Crippen molar-refractivity contribution in [2.45, 2.75) is 38.7 Å². The molecule has 3 heterocycles. The summed E-state index contributed by atoms with van der Waals surface area (Å²) in [5.41, 5.74) is 3.08. The summed E-state index contributed by atoms with van der Waals surface area (Å²) in [5, 5.41) is 40.1. The van der Waals surface area contributed by atoms with Crippen molar-refractivity contribution in [3.05, 3.63) is 65.1 Å². The van der Waals surface area contributed by atoms with Crippen LogP contribution in [0.4, 0.5) is 11.5 Å². The normalized spacial score (nSPS) is 14.4. The molecule has 9 nitrogen and oxygen atoms in total. The molecule has 0 amide bonds. The van der Waals surface area contributed by atoms with Crippen LogP contribution in [0, 0.1) is 29.6 Å². The molecule has 1 aromatic carbocycles. The minimum absolute atomic E-state index is 0.0378. The van der Waals surface area contributed by atoms with E-state index in [2.05, 4.69) is 32.6 Å². The summed E-state index contributed by atoms with van der Waals surface area (Å²) in [6.07, 6.45) is 3.12. The number of nitriles is 2. The van der Waals surface area contributed by atoms with E-state index >= 15 is 0 Å². The predicted octanol–water partition coefficient (Wildman–Crippen LogP) is 3.39. The first kappa shape index (κ1) is 24.8. The van der Waals surface area contributed by atoms with Gasteiger partial charge >= 0.3 is 0 Å².